The molecule has 0 saturated carbocycles. The zero-order valence-electron chi connectivity index (χ0n) is 10.8. The largest absolute Gasteiger partial charge is 0.481 e. The molecule has 1 aliphatic heterocycles. The predicted molar refractivity (Wildman–Crippen MR) is 64.5 cm³/mol. The van der Waals surface area contributed by atoms with Gasteiger partial charge in [-0.25, -0.2) is 0 Å². The molecule has 0 aromatic carbocycles. The Balaban J connectivity index is 2.77. The minimum atomic E-state index is -0.711. The van der Waals surface area contributed by atoms with Crippen molar-refractivity contribution in [1.82, 2.24) is 10.2 Å². The van der Waals surface area contributed by atoms with Crippen LogP contribution in [0.25, 0.3) is 0 Å². The number of hydrogen-bond acceptors (Lipinski definition) is 3. The normalized spacial score (nSPS) is 26.7. The summed E-state index contributed by atoms with van der Waals surface area (Å²) in [4.78, 5) is 13.2. The summed E-state index contributed by atoms with van der Waals surface area (Å²) in [6.45, 7) is 11.4. The highest BCUT2D eigenvalue weighted by Gasteiger charge is 2.32. The third-order valence-electron chi connectivity index (χ3n) is 3.14. The summed E-state index contributed by atoms with van der Waals surface area (Å²) in [5.41, 5.74) is 0.206. The topological polar surface area (TPSA) is 52.6 Å². The van der Waals surface area contributed by atoms with Gasteiger partial charge in [0.2, 0.25) is 0 Å². The van der Waals surface area contributed by atoms with Gasteiger partial charge in [0.15, 0.2) is 0 Å². The van der Waals surface area contributed by atoms with Crippen molar-refractivity contribution in [2.75, 3.05) is 19.6 Å². The van der Waals surface area contributed by atoms with E-state index < -0.39 is 5.97 Å². The number of carboxylic acid groups (broad SMARTS) is 1. The Kier molecular flexibility index (Phi) is 4.33. The molecule has 0 radical (unpaired) electrons. The highest BCUT2D eigenvalue weighted by atomic mass is 16.4. The van der Waals surface area contributed by atoms with Gasteiger partial charge >= 0.3 is 5.97 Å². The molecule has 1 heterocycles. The SMILES string of the molecule is CC(C)N1CC(C)(C)CNCC1CC(=O)O. The van der Waals surface area contributed by atoms with Crippen LogP contribution in [0.2, 0.25) is 0 Å². The first-order chi connectivity index (χ1) is 7.32. The summed E-state index contributed by atoms with van der Waals surface area (Å²) in [7, 11) is 0. The molecule has 16 heavy (non-hydrogen) atoms. The maximum atomic E-state index is 10.9. The summed E-state index contributed by atoms with van der Waals surface area (Å²) >= 11 is 0. The van der Waals surface area contributed by atoms with Crippen molar-refractivity contribution in [3.8, 4) is 0 Å². The number of carboxylic acids is 1. The molecule has 1 fully saturated rings. The van der Waals surface area contributed by atoms with Crippen LogP contribution >= 0.6 is 0 Å². The molecule has 4 nitrogen and oxygen atoms in total. The molecule has 2 N–H and O–H groups in total. The Hall–Kier alpha value is -0.610. The van der Waals surface area contributed by atoms with Gasteiger partial charge in [0, 0.05) is 31.7 Å². The first-order valence-corrected chi connectivity index (χ1v) is 6.00. The summed E-state index contributed by atoms with van der Waals surface area (Å²) in [5.74, 6) is -0.711. The van der Waals surface area contributed by atoms with E-state index in [2.05, 4.69) is 37.9 Å². The Morgan fingerprint density at radius 2 is 2.19 bits per heavy atom. The van der Waals surface area contributed by atoms with Gasteiger partial charge < -0.3 is 10.4 Å². The van der Waals surface area contributed by atoms with Gasteiger partial charge in [-0.1, -0.05) is 13.8 Å². The molecule has 4 heteroatoms. The quantitative estimate of drug-likeness (QED) is 0.761. The predicted octanol–water partition coefficient (Wildman–Crippen LogP) is 1.17. The van der Waals surface area contributed by atoms with Crippen LogP contribution in [0.5, 0.6) is 0 Å². The Bertz CT molecular complexity index is 251. The van der Waals surface area contributed by atoms with E-state index in [4.69, 9.17) is 5.11 Å². The van der Waals surface area contributed by atoms with Crippen LogP contribution in [-0.4, -0.2) is 47.7 Å². The molecule has 1 aliphatic rings. The van der Waals surface area contributed by atoms with E-state index in [1.807, 2.05) is 0 Å². The molecule has 0 amide bonds. The first kappa shape index (κ1) is 13.5. The number of aliphatic carboxylic acids is 1. The summed E-state index contributed by atoms with van der Waals surface area (Å²) in [6, 6.07) is 0.503. The number of rotatable bonds is 3. The molecule has 1 saturated heterocycles. The highest BCUT2D eigenvalue weighted by Crippen LogP contribution is 2.23. The highest BCUT2D eigenvalue weighted by molar-refractivity contribution is 5.67. The van der Waals surface area contributed by atoms with E-state index in [0.717, 1.165) is 19.6 Å². The first-order valence-electron chi connectivity index (χ1n) is 6.00. The molecular weight excluding hydrogens is 204 g/mol. The monoisotopic (exact) mass is 228 g/mol. The van der Waals surface area contributed by atoms with E-state index in [0.29, 0.717) is 6.04 Å². The van der Waals surface area contributed by atoms with Crippen molar-refractivity contribution in [2.45, 2.75) is 46.2 Å². The second kappa shape index (κ2) is 5.15. The molecule has 0 aromatic heterocycles. The lowest BCUT2D eigenvalue weighted by Gasteiger charge is -2.36. The van der Waals surface area contributed by atoms with Gasteiger partial charge in [0.05, 0.1) is 6.42 Å². The van der Waals surface area contributed by atoms with E-state index >= 15 is 0 Å². The van der Waals surface area contributed by atoms with E-state index in [-0.39, 0.29) is 17.9 Å². The smallest absolute Gasteiger partial charge is 0.304 e. The van der Waals surface area contributed by atoms with E-state index in [9.17, 15) is 4.79 Å². The zero-order chi connectivity index (χ0) is 12.3. The van der Waals surface area contributed by atoms with Crippen molar-refractivity contribution >= 4 is 5.97 Å². The minimum absolute atomic E-state index is 0.110. The zero-order valence-corrected chi connectivity index (χ0v) is 10.8. The lowest BCUT2D eigenvalue weighted by atomic mass is 9.92. The Labute approximate surface area is 98.0 Å². The minimum Gasteiger partial charge on any atom is -0.481 e. The van der Waals surface area contributed by atoms with Crippen LogP contribution in [0.15, 0.2) is 0 Å². The number of hydrogen-bond donors (Lipinski definition) is 2. The summed E-state index contributed by atoms with van der Waals surface area (Å²) in [6.07, 6.45) is 0.223. The second-order valence-corrected chi connectivity index (χ2v) is 5.81. The van der Waals surface area contributed by atoms with Gasteiger partial charge in [0.25, 0.3) is 0 Å². The molecule has 94 valence electrons. The van der Waals surface area contributed by atoms with Crippen LogP contribution in [0, 0.1) is 5.41 Å². The fourth-order valence-electron chi connectivity index (χ4n) is 2.37. The Morgan fingerprint density at radius 1 is 1.56 bits per heavy atom. The van der Waals surface area contributed by atoms with Crippen LogP contribution in [0.1, 0.15) is 34.1 Å². The van der Waals surface area contributed by atoms with Crippen molar-refractivity contribution in [1.29, 1.82) is 0 Å². The van der Waals surface area contributed by atoms with Crippen LogP contribution in [0.3, 0.4) is 0 Å². The number of nitrogens with zero attached hydrogens (tertiary/aromatic N) is 1. The average Bonchev–Trinajstić information content (AvgIpc) is 2.24. The van der Waals surface area contributed by atoms with Crippen molar-refractivity contribution in [3.63, 3.8) is 0 Å². The van der Waals surface area contributed by atoms with Gasteiger partial charge in [-0.15, -0.1) is 0 Å². The summed E-state index contributed by atoms with van der Waals surface area (Å²) in [5, 5.41) is 12.3. The summed E-state index contributed by atoms with van der Waals surface area (Å²) < 4.78 is 0. The molecule has 1 unspecified atom stereocenters. The lowest BCUT2D eigenvalue weighted by molar-refractivity contribution is -0.138. The third kappa shape index (κ3) is 3.76. The van der Waals surface area contributed by atoms with Crippen molar-refractivity contribution in [3.05, 3.63) is 0 Å². The molecule has 0 spiro atoms. The van der Waals surface area contributed by atoms with Crippen molar-refractivity contribution < 1.29 is 9.90 Å². The third-order valence-corrected chi connectivity index (χ3v) is 3.14. The fraction of sp³-hybridized carbons (Fsp3) is 0.917. The maximum absolute atomic E-state index is 10.9. The molecule has 1 rings (SSSR count). The molecule has 0 bridgehead atoms. The molecule has 1 atom stereocenters. The Morgan fingerprint density at radius 3 is 2.69 bits per heavy atom. The van der Waals surface area contributed by atoms with Crippen molar-refractivity contribution in [2.24, 2.45) is 5.41 Å². The second-order valence-electron chi connectivity index (χ2n) is 5.81. The van der Waals surface area contributed by atoms with E-state index in [1.54, 1.807) is 0 Å². The molecule has 0 aromatic rings. The van der Waals surface area contributed by atoms with Gasteiger partial charge in [-0.2, -0.15) is 0 Å². The number of carbonyl (C=O) groups is 1. The van der Waals surface area contributed by atoms with Gasteiger partial charge in [-0.05, 0) is 19.3 Å². The van der Waals surface area contributed by atoms with Gasteiger partial charge in [0.1, 0.15) is 0 Å². The van der Waals surface area contributed by atoms with Crippen LogP contribution in [0.4, 0.5) is 0 Å². The lowest BCUT2D eigenvalue weighted by Crippen LogP contribution is -2.46. The molecular formula is C12H24N2O2. The van der Waals surface area contributed by atoms with Gasteiger partial charge in [-0.3, -0.25) is 9.69 Å². The van der Waals surface area contributed by atoms with E-state index in [1.165, 1.54) is 0 Å². The average molecular weight is 228 g/mol. The molecule has 0 aliphatic carbocycles. The fourth-order valence-corrected chi connectivity index (χ4v) is 2.37. The maximum Gasteiger partial charge on any atom is 0.304 e. The van der Waals surface area contributed by atoms with Crippen LogP contribution in [-0.2, 0) is 4.79 Å². The van der Waals surface area contributed by atoms with Crippen LogP contribution < -0.4 is 5.32 Å². The standard InChI is InChI=1S/C12H24N2O2/c1-9(2)14-8-12(3,4)7-13-6-10(14)5-11(15)16/h9-10,13H,5-8H2,1-4H3,(H,15,16). The number of nitrogens with one attached hydrogen (secondary N) is 1.